The molecule has 144 valence electrons. The van der Waals surface area contributed by atoms with Crippen molar-refractivity contribution in [3.05, 3.63) is 70.4 Å². The Morgan fingerprint density at radius 1 is 1.18 bits per heavy atom. The minimum atomic E-state index is -5.05. The molecule has 0 bridgehead atoms. The van der Waals surface area contributed by atoms with E-state index in [1.807, 2.05) is 0 Å². The van der Waals surface area contributed by atoms with Gasteiger partial charge in [0.2, 0.25) is 0 Å². The molecule has 0 aliphatic heterocycles. The summed E-state index contributed by atoms with van der Waals surface area (Å²) in [5.41, 5.74) is -2.27. The largest absolute Gasteiger partial charge is 1.00 e. The zero-order chi connectivity index (χ0) is 20.2. The molecule has 28 heavy (non-hydrogen) atoms. The molecule has 2 aromatic rings. The standard InChI is InChI=1S/C17H13F4NO4S.Na/c1-26-13-4-2-3-11(9-13)7-8-27(24,25)22-16(23)14-6-5-12(18)10-15(14)17(19,20)21;/h2-10H,1H3,(H,22,23);/q;+1/p-1/b8-7+;. The maximum Gasteiger partial charge on any atom is 1.00 e. The first kappa shape index (κ1) is 24.2. The summed E-state index contributed by atoms with van der Waals surface area (Å²) < 4.78 is 83.5. The van der Waals surface area contributed by atoms with E-state index in [1.165, 1.54) is 19.2 Å². The van der Waals surface area contributed by atoms with Crippen molar-refractivity contribution in [2.45, 2.75) is 6.18 Å². The van der Waals surface area contributed by atoms with E-state index in [0.717, 1.165) is 6.08 Å². The second-order valence-electron chi connectivity index (χ2n) is 5.18. The molecule has 0 spiro atoms. The van der Waals surface area contributed by atoms with Crippen LogP contribution in [0.4, 0.5) is 17.6 Å². The Bertz CT molecular complexity index is 1000. The minimum absolute atomic E-state index is 0. The van der Waals surface area contributed by atoms with Gasteiger partial charge in [0.1, 0.15) is 11.6 Å². The number of methoxy groups -OCH3 is 1. The Hall–Kier alpha value is -1.88. The molecule has 0 fully saturated rings. The van der Waals surface area contributed by atoms with Crippen LogP contribution >= 0.6 is 0 Å². The molecule has 11 heteroatoms. The first-order valence-electron chi connectivity index (χ1n) is 7.23. The maximum atomic E-state index is 13.1. The predicted octanol–water partition coefficient (Wildman–Crippen LogP) is -0.0353. The van der Waals surface area contributed by atoms with E-state index in [0.29, 0.717) is 28.9 Å². The number of halogens is 4. The molecule has 0 radical (unpaired) electrons. The van der Waals surface area contributed by atoms with Gasteiger partial charge >= 0.3 is 35.7 Å². The summed E-state index contributed by atoms with van der Waals surface area (Å²) in [6.45, 7) is 0. The van der Waals surface area contributed by atoms with Crippen molar-refractivity contribution in [3.8, 4) is 5.75 Å². The Morgan fingerprint density at radius 2 is 1.86 bits per heavy atom. The Kier molecular flexibility index (Phi) is 8.24. The summed E-state index contributed by atoms with van der Waals surface area (Å²) >= 11 is 0. The number of hydrogen-bond donors (Lipinski definition) is 0. The van der Waals surface area contributed by atoms with Crippen LogP contribution in [0.1, 0.15) is 16.7 Å². The third-order valence-corrected chi connectivity index (χ3v) is 4.15. The van der Waals surface area contributed by atoms with Gasteiger partial charge in [-0.15, -0.1) is 0 Å². The van der Waals surface area contributed by atoms with Crippen LogP contribution in [0.15, 0.2) is 52.3 Å². The number of alkyl halides is 3. The average molecular weight is 425 g/mol. The number of benzene rings is 2. The molecule has 0 saturated heterocycles. The molecule has 0 aliphatic rings. The van der Waals surface area contributed by atoms with E-state index < -0.39 is 39.0 Å². The van der Waals surface area contributed by atoms with Gasteiger partial charge in [-0.2, -0.15) is 26.0 Å². The monoisotopic (exact) mass is 425 g/mol. The zero-order valence-corrected chi connectivity index (χ0v) is 17.5. The third-order valence-electron chi connectivity index (χ3n) is 3.25. The van der Waals surface area contributed by atoms with Gasteiger partial charge in [0.15, 0.2) is 0 Å². The van der Waals surface area contributed by atoms with Crippen molar-refractivity contribution in [3.63, 3.8) is 0 Å². The van der Waals surface area contributed by atoms with E-state index >= 15 is 0 Å². The summed E-state index contributed by atoms with van der Waals surface area (Å²) in [6.07, 6.45) is -3.95. The van der Waals surface area contributed by atoms with Crippen molar-refractivity contribution < 1.29 is 65.4 Å². The van der Waals surface area contributed by atoms with Crippen LogP contribution in [0, 0.1) is 5.82 Å². The smallest absolute Gasteiger partial charge is 0.858 e. The molecule has 0 unspecified atom stereocenters. The van der Waals surface area contributed by atoms with Crippen LogP contribution in [-0.2, 0) is 16.2 Å². The van der Waals surface area contributed by atoms with Crippen molar-refractivity contribution >= 4 is 22.0 Å². The molecule has 0 atom stereocenters. The fourth-order valence-electron chi connectivity index (χ4n) is 2.04. The van der Waals surface area contributed by atoms with Crippen LogP contribution in [0.25, 0.3) is 6.08 Å². The Labute approximate surface area is 180 Å². The quantitative estimate of drug-likeness (QED) is 0.292. The Balaban J connectivity index is 0.00000392. The molecule has 0 N–H and O–H groups in total. The Morgan fingerprint density at radius 3 is 2.46 bits per heavy atom. The van der Waals surface area contributed by atoms with Gasteiger partial charge in [0, 0.05) is 5.90 Å². The van der Waals surface area contributed by atoms with Crippen LogP contribution < -0.4 is 39.4 Å². The summed E-state index contributed by atoms with van der Waals surface area (Å²) in [5.74, 6) is -2.43. The van der Waals surface area contributed by atoms with Gasteiger partial charge < -0.3 is 9.84 Å². The molecule has 0 saturated carbocycles. The molecular formula is C17H12F4NNaO4S. The van der Waals surface area contributed by atoms with Gasteiger partial charge in [-0.3, -0.25) is 0 Å². The predicted molar refractivity (Wildman–Crippen MR) is 88.9 cm³/mol. The summed E-state index contributed by atoms with van der Waals surface area (Å²) in [6, 6.07) is 7.48. The second kappa shape index (κ2) is 9.55. The third kappa shape index (κ3) is 6.62. The van der Waals surface area contributed by atoms with Crippen molar-refractivity contribution in [1.29, 1.82) is 0 Å². The number of nitrogens with zero attached hydrogens (tertiary/aromatic N) is 1. The second-order valence-corrected chi connectivity index (χ2v) is 6.66. The number of sulfonamides is 1. The van der Waals surface area contributed by atoms with Crippen molar-refractivity contribution in [2.75, 3.05) is 7.11 Å². The fraction of sp³-hybridized carbons (Fsp3) is 0.118. The zero-order valence-electron chi connectivity index (χ0n) is 14.7. The van der Waals surface area contributed by atoms with Gasteiger partial charge in [-0.1, -0.05) is 18.2 Å². The van der Waals surface area contributed by atoms with Crippen LogP contribution in [0.2, 0.25) is 0 Å². The molecule has 0 aliphatic carbocycles. The van der Waals surface area contributed by atoms with Gasteiger partial charge in [0.25, 0.3) is 10.0 Å². The molecular weight excluding hydrogens is 413 g/mol. The van der Waals surface area contributed by atoms with E-state index in [2.05, 4.69) is 4.40 Å². The minimum Gasteiger partial charge on any atom is -0.858 e. The van der Waals surface area contributed by atoms with Crippen LogP contribution in [0.5, 0.6) is 5.75 Å². The van der Waals surface area contributed by atoms with Crippen molar-refractivity contribution in [2.24, 2.45) is 4.40 Å². The van der Waals surface area contributed by atoms with Crippen LogP contribution in [-0.4, -0.2) is 21.4 Å². The number of ether oxygens (including phenoxy) is 1. The van der Waals surface area contributed by atoms with Crippen molar-refractivity contribution in [1.82, 2.24) is 0 Å². The average Bonchev–Trinajstić information content (AvgIpc) is 2.59. The van der Waals surface area contributed by atoms with E-state index in [4.69, 9.17) is 4.74 Å². The molecule has 2 aromatic carbocycles. The SMILES string of the molecule is COc1cccc(/C=C/S(=O)(=O)/N=C(\[O-])c2ccc(F)cc2C(F)(F)F)c1.[Na+]. The molecule has 0 heterocycles. The summed E-state index contributed by atoms with van der Waals surface area (Å²) in [4.78, 5) is 0. The molecule has 0 amide bonds. The fourth-order valence-corrected chi connectivity index (χ4v) is 2.76. The topological polar surface area (TPSA) is 78.8 Å². The maximum absolute atomic E-state index is 13.1. The van der Waals surface area contributed by atoms with E-state index in [-0.39, 0.29) is 35.6 Å². The number of hydrogen-bond acceptors (Lipinski definition) is 4. The van der Waals surface area contributed by atoms with Gasteiger partial charge in [0.05, 0.1) is 18.1 Å². The van der Waals surface area contributed by atoms with Gasteiger partial charge in [-0.25, -0.2) is 4.39 Å². The first-order valence-corrected chi connectivity index (χ1v) is 8.73. The van der Waals surface area contributed by atoms with E-state index in [9.17, 15) is 31.1 Å². The van der Waals surface area contributed by atoms with Crippen LogP contribution in [0.3, 0.4) is 0 Å². The van der Waals surface area contributed by atoms with E-state index in [1.54, 1.807) is 12.1 Å². The summed E-state index contributed by atoms with van der Waals surface area (Å²) in [7, 11) is -3.11. The molecule has 5 nitrogen and oxygen atoms in total. The molecule has 0 aromatic heterocycles. The number of rotatable bonds is 5. The normalized spacial score (nSPS) is 12.7. The molecule has 2 rings (SSSR count). The van der Waals surface area contributed by atoms with Gasteiger partial charge in [-0.05, 0) is 41.5 Å². The summed E-state index contributed by atoms with van der Waals surface area (Å²) in [5, 5.41) is 12.5. The first-order chi connectivity index (χ1) is 12.5.